The smallest absolute Gasteiger partial charge is 0.315 e. The van der Waals surface area contributed by atoms with Gasteiger partial charge in [-0.2, -0.15) is 0 Å². The van der Waals surface area contributed by atoms with Crippen LogP contribution in [0.1, 0.15) is 37.7 Å². The number of hydrogen-bond acceptors (Lipinski definition) is 2. The van der Waals surface area contributed by atoms with E-state index in [0.717, 1.165) is 18.4 Å². The van der Waals surface area contributed by atoms with Crippen molar-refractivity contribution in [2.45, 2.75) is 38.6 Å². The van der Waals surface area contributed by atoms with E-state index in [1.54, 1.807) is 6.07 Å². The van der Waals surface area contributed by atoms with E-state index in [1.165, 1.54) is 12.8 Å². The Kier molecular flexibility index (Phi) is 7.20. The lowest BCUT2D eigenvalue weighted by molar-refractivity contribution is -0.121. The molecular formula is C17H24ClN3O2. The Hall–Kier alpha value is -1.75. The summed E-state index contributed by atoms with van der Waals surface area (Å²) in [4.78, 5) is 23.4. The normalized spacial score (nSPS) is 14.5. The van der Waals surface area contributed by atoms with Gasteiger partial charge in [-0.25, -0.2) is 4.79 Å². The van der Waals surface area contributed by atoms with E-state index in [9.17, 15) is 9.59 Å². The van der Waals surface area contributed by atoms with Crippen LogP contribution >= 0.6 is 11.6 Å². The van der Waals surface area contributed by atoms with Crippen LogP contribution in [0, 0.1) is 5.92 Å². The number of rotatable bonds is 7. The van der Waals surface area contributed by atoms with Gasteiger partial charge in [0.2, 0.25) is 5.91 Å². The highest BCUT2D eigenvalue weighted by Gasteiger charge is 2.17. The van der Waals surface area contributed by atoms with Crippen molar-refractivity contribution in [1.29, 1.82) is 0 Å². The minimum absolute atomic E-state index is 0.0789. The summed E-state index contributed by atoms with van der Waals surface area (Å²) in [5.74, 6) is 0.622. The molecule has 6 heteroatoms. The summed E-state index contributed by atoms with van der Waals surface area (Å²) < 4.78 is 0. The molecule has 1 aromatic rings. The molecule has 0 bridgehead atoms. The van der Waals surface area contributed by atoms with Gasteiger partial charge in [-0.15, -0.1) is 0 Å². The molecule has 126 valence electrons. The lowest BCUT2D eigenvalue weighted by Gasteiger charge is -2.11. The van der Waals surface area contributed by atoms with Gasteiger partial charge in [0.05, 0.1) is 0 Å². The third kappa shape index (κ3) is 6.48. The molecule has 0 spiro atoms. The summed E-state index contributed by atoms with van der Waals surface area (Å²) in [6.07, 6.45) is 5.42. The first-order chi connectivity index (χ1) is 11.1. The summed E-state index contributed by atoms with van der Waals surface area (Å²) in [6, 6.07) is 7.11. The molecule has 3 N–H and O–H groups in total. The molecule has 5 nitrogen and oxygen atoms in total. The van der Waals surface area contributed by atoms with E-state index in [0.29, 0.717) is 37.0 Å². The van der Waals surface area contributed by atoms with Gasteiger partial charge in [-0.1, -0.05) is 42.6 Å². The van der Waals surface area contributed by atoms with Crippen LogP contribution in [0.3, 0.4) is 0 Å². The minimum Gasteiger partial charge on any atom is -0.354 e. The van der Waals surface area contributed by atoms with E-state index in [-0.39, 0.29) is 11.9 Å². The van der Waals surface area contributed by atoms with Crippen LogP contribution in [0.2, 0.25) is 5.02 Å². The number of benzene rings is 1. The summed E-state index contributed by atoms with van der Waals surface area (Å²) in [5, 5.41) is 8.93. The molecule has 3 amide bonds. The third-order valence-corrected chi connectivity index (χ3v) is 4.45. The molecule has 0 saturated heterocycles. The zero-order valence-corrected chi connectivity index (χ0v) is 14.0. The second-order valence-electron chi connectivity index (χ2n) is 5.91. The van der Waals surface area contributed by atoms with E-state index in [2.05, 4.69) is 16.0 Å². The Morgan fingerprint density at radius 2 is 1.74 bits per heavy atom. The number of urea groups is 1. The second kappa shape index (κ2) is 9.40. The summed E-state index contributed by atoms with van der Waals surface area (Å²) in [5.41, 5.74) is 0.870. The number of carbonyl (C=O) groups excluding carboxylic acids is 2. The number of amides is 3. The first-order valence-electron chi connectivity index (χ1n) is 8.17. The van der Waals surface area contributed by atoms with Crippen molar-refractivity contribution in [2.75, 3.05) is 13.1 Å². The molecule has 1 aliphatic rings. The van der Waals surface area contributed by atoms with Crippen LogP contribution in [-0.4, -0.2) is 25.0 Å². The number of nitrogens with one attached hydrogen (secondary N) is 3. The average Bonchev–Trinajstić information content (AvgIpc) is 3.03. The molecule has 0 unspecified atom stereocenters. The molecule has 0 atom stereocenters. The van der Waals surface area contributed by atoms with Crippen LogP contribution < -0.4 is 16.0 Å². The summed E-state index contributed by atoms with van der Waals surface area (Å²) in [7, 11) is 0. The molecule has 23 heavy (non-hydrogen) atoms. The van der Waals surface area contributed by atoms with Gasteiger partial charge in [-0.05, 0) is 30.4 Å². The van der Waals surface area contributed by atoms with Gasteiger partial charge in [0.1, 0.15) is 0 Å². The summed E-state index contributed by atoms with van der Waals surface area (Å²) >= 11 is 6.02. The topological polar surface area (TPSA) is 70.2 Å². The zero-order chi connectivity index (χ0) is 16.5. The SMILES string of the molecule is O=C(CC1CCCC1)NCCNC(=O)NCc1ccccc1Cl. The molecule has 1 fully saturated rings. The highest BCUT2D eigenvalue weighted by Crippen LogP contribution is 2.27. The highest BCUT2D eigenvalue weighted by molar-refractivity contribution is 6.31. The van der Waals surface area contributed by atoms with Gasteiger partial charge < -0.3 is 16.0 Å². The maximum absolute atomic E-state index is 11.7. The fraction of sp³-hybridized carbons (Fsp3) is 0.529. The number of halogens is 1. The molecular weight excluding hydrogens is 314 g/mol. The largest absolute Gasteiger partial charge is 0.354 e. The number of carbonyl (C=O) groups is 2. The molecule has 1 aliphatic carbocycles. The Labute approximate surface area is 142 Å². The van der Waals surface area contributed by atoms with Crippen LogP contribution in [0.4, 0.5) is 4.79 Å². The van der Waals surface area contributed by atoms with Gasteiger partial charge >= 0.3 is 6.03 Å². The molecule has 1 aromatic carbocycles. The van der Waals surface area contributed by atoms with Gasteiger partial charge in [0, 0.05) is 31.1 Å². The first kappa shape index (κ1) is 17.6. The lowest BCUT2D eigenvalue weighted by atomic mass is 10.0. The molecule has 2 rings (SSSR count). The highest BCUT2D eigenvalue weighted by atomic mass is 35.5. The third-order valence-electron chi connectivity index (χ3n) is 4.08. The lowest BCUT2D eigenvalue weighted by Crippen LogP contribution is -2.40. The maximum atomic E-state index is 11.7. The van der Waals surface area contributed by atoms with Crippen molar-refractivity contribution in [3.8, 4) is 0 Å². The van der Waals surface area contributed by atoms with E-state index in [4.69, 9.17) is 11.6 Å². The molecule has 0 radical (unpaired) electrons. The van der Waals surface area contributed by atoms with Crippen molar-refractivity contribution < 1.29 is 9.59 Å². The maximum Gasteiger partial charge on any atom is 0.315 e. The Morgan fingerprint density at radius 1 is 1.04 bits per heavy atom. The van der Waals surface area contributed by atoms with Gasteiger partial charge in [0.25, 0.3) is 0 Å². The minimum atomic E-state index is -0.269. The van der Waals surface area contributed by atoms with E-state index < -0.39 is 0 Å². The fourth-order valence-corrected chi connectivity index (χ4v) is 3.01. The first-order valence-corrected chi connectivity index (χ1v) is 8.55. The van der Waals surface area contributed by atoms with Crippen molar-refractivity contribution in [3.05, 3.63) is 34.9 Å². The van der Waals surface area contributed by atoms with Crippen LogP contribution in [0.15, 0.2) is 24.3 Å². The average molecular weight is 338 g/mol. The van der Waals surface area contributed by atoms with E-state index >= 15 is 0 Å². The summed E-state index contributed by atoms with van der Waals surface area (Å²) in [6.45, 7) is 1.23. The predicted molar refractivity (Wildman–Crippen MR) is 91.3 cm³/mol. The Bertz CT molecular complexity index is 530. The van der Waals surface area contributed by atoms with Crippen LogP contribution in [-0.2, 0) is 11.3 Å². The van der Waals surface area contributed by atoms with Crippen molar-refractivity contribution >= 4 is 23.5 Å². The monoisotopic (exact) mass is 337 g/mol. The standard InChI is InChI=1S/C17H24ClN3O2/c18-15-8-4-3-7-14(15)12-21-17(23)20-10-9-19-16(22)11-13-5-1-2-6-13/h3-4,7-8,13H,1-2,5-6,9-12H2,(H,19,22)(H2,20,21,23). The molecule has 0 aromatic heterocycles. The van der Waals surface area contributed by atoms with Crippen molar-refractivity contribution in [1.82, 2.24) is 16.0 Å². The van der Waals surface area contributed by atoms with Crippen molar-refractivity contribution in [2.24, 2.45) is 5.92 Å². The fourth-order valence-electron chi connectivity index (χ4n) is 2.81. The molecule has 0 aliphatic heterocycles. The number of hydrogen-bond donors (Lipinski definition) is 3. The molecule has 1 saturated carbocycles. The predicted octanol–water partition coefficient (Wildman–Crippen LogP) is 2.84. The Balaban J connectivity index is 1.54. The molecule has 0 heterocycles. The Morgan fingerprint density at radius 3 is 2.48 bits per heavy atom. The quantitative estimate of drug-likeness (QED) is 0.669. The van der Waals surface area contributed by atoms with E-state index in [1.807, 2.05) is 18.2 Å². The van der Waals surface area contributed by atoms with Crippen LogP contribution in [0.5, 0.6) is 0 Å². The van der Waals surface area contributed by atoms with Gasteiger partial charge in [-0.3, -0.25) is 4.79 Å². The van der Waals surface area contributed by atoms with Crippen LogP contribution in [0.25, 0.3) is 0 Å². The van der Waals surface area contributed by atoms with Gasteiger partial charge in [0.15, 0.2) is 0 Å². The second-order valence-corrected chi connectivity index (χ2v) is 6.31. The van der Waals surface area contributed by atoms with Crippen molar-refractivity contribution in [3.63, 3.8) is 0 Å². The zero-order valence-electron chi connectivity index (χ0n) is 13.2.